The molecule has 6 nitrogen and oxygen atoms in total. The zero-order valence-electron chi connectivity index (χ0n) is 11.8. The van der Waals surface area contributed by atoms with E-state index in [1.807, 2.05) is 20.8 Å². The van der Waals surface area contributed by atoms with E-state index in [0.29, 0.717) is 19.1 Å². The molecule has 1 aromatic heterocycles. The van der Waals surface area contributed by atoms with E-state index in [2.05, 4.69) is 15.3 Å². The lowest BCUT2D eigenvalue weighted by Gasteiger charge is -2.24. The van der Waals surface area contributed by atoms with Gasteiger partial charge in [0.05, 0.1) is 6.54 Å². The molecule has 1 saturated heterocycles. The Hall–Kier alpha value is -1.56. The fourth-order valence-corrected chi connectivity index (χ4v) is 2.05. The molecule has 2 rings (SSSR count). The number of imidazole rings is 1. The first kappa shape index (κ1) is 13.9. The average Bonchev–Trinajstić information content (AvgIpc) is 2.96. The zero-order valence-corrected chi connectivity index (χ0v) is 11.8. The molecule has 1 aromatic rings. The van der Waals surface area contributed by atoms with Crippen molar-refractivity contribution in [2.75, 3.05) is 13.1 Å². The summed E-state index contributed by atoms with van der Waals surface area (Å²) in [6.45, 7) is 7.77. The summed E-state index contributed by atoms with van der Waals surface area (Å²) in [6.07, 6.45) is 4.26. The molecule has 1 unspecified atom stereocenters. The summed E-state index contributed by atoms with van der Waals surface area (Å²) in [4.78, 5) is 20.9. The molecular weight excluding hydrogens is 244 g/mol. The minimum absolute atomic E-state index is 0.227. The molecule has 0 saturated carbocycles. The van der Waals surface area contributed by atoms with Gasteiger partial charge in [-0.15, -0.1) is 0 Å². The molecule has 1 aliphatic rings. The molecule has 2 heterocycles. The fraction of sp³-hybridized carbons (Fsp3) is 0.692. The van der Waals surface area contributed by atoms with Crippen molar-refractivity contribution in [1.29, 1.82) is 0 Å². The third kappa shape index (κ3) is 4.24. The molecule has 1 fully saturated rings. The number of H-pyrrole nitrogens is 1. The highest BCUT2D eigenvalue weighted by Gasteiger charge is 2.29. The van der Waals surface area contributed by atoms with E-state index < -0.39 is 5.60 Å². The van der Waals surface area contributed by atoms with Crippen LogP contribution in [0.4, 0.5) is 4.79 Å². The molecule has 19 heavy (non-hydrogen) atoms. The van der Waals surface area contributed by atoms with Gasteiger partial charge >= 0.3 is 6.09 Å². The number of likely N-dealkylation sites (tertiary alicyclic amines) is 1. The van der Waals surface area contributed by atoms with Crippen molar-refractivity contribution < 1.29 is 9.53 Å². The second-order valence-corrected chi connectivity index (χ2v) is 5.83. The Kier molecular flexibility index (Phi) is 4.09. The Labute approximate surface area is 113 Å². The maximum Gasteiger partial charge on any atom is 0.410 e. The highest BCUT2D eigenvalue weighted by molar-refractivity contribution is 5.68. The van der Waals surface area contributed by atoms with Crippen LogP contribution < -0.4 is 5.32 Å². The van der Waals surface area contributed by atoms with E-state index in [-0.39, 0.29) is 6.09 Å². The predicted octanol–water partition coefficient (Wildman–Crippen LogP) is 1.51. The van der Waals surface area contributed by atoms with Gasteiger partial charge in [-0.2, -0.15) is 0 Å². The molecule has 6 heteroatoms. The van der Waals surface area contributed by atoms with Crippen LogP contribution in [0.5, 0.6) is 0 Å². The van der Waals surface area contributed by atoms with Crippen LogP contribution in [-0.4, -0.2) is 45.7 Å². The van der Waals surface area contributed by atoms with Gasteiger partial charge in [-0.25, -0.2) is 9.78 Å². The highest BCUT2D eigenvalue weighted by Crippen LogP contribution is 2.15. The summed E-state index contributed by atoms with van der Waals surface area (Å²) in [5.74, 6) is 0.913. The van der Waals surface area contributed by atoms with Gasteiger partial charge in [-0.3, -0.25) is 0 Å². The molecule has 0 aliphatic carbocycles. The van der Waals surface area contributed by atoms with Crippen molar-refractivity contribution in [3.8, 4) is 0 Å². The van der Waals surface area contributed by atoms with Crippen molar-refractivity contribution in [3.63, 3.8) is 0 Å². The Morgan fingerprint density at radius 2 is 2.42 bits per heavy atom. The lowest BCUT2D eigenvalue weighted by atomic mass is 10.2. The molecule has 0 radical (unpaired) electrons. The normalized spacial score (nSPS) is 19.7. The van der Waals surface area contributed by atoms with Gasteiger partial charge in [0.1, 0.15) is 11.4 Å². The number of carbonyl (C=O) groups is 1. The van der Waals surface area contributed by atoms with Crippen molar-refractivity contribution in [1.82, 2.24) is 20.2 Å². The second-order valence-electron chi connectivity index (χ2n) is 5.83. The van der Waals surface area contributed by atoms with Crippen LogP contribution >= 0.6 is 0 Å². The predicted molar refractivity (Wildman–Crippen MR) is 71.6 cm³/mol. The summed E-state index contributed by atoms with van der Waals surface area (Å²) in [5.41, 5.74) is -0.434. The summed E-state index contributed by atoms with van der Waals surface area (Å²) in [5, 5.41) is 3.39. The van der Waals surface area contributed by atoms with Crippen LogP contribution in [0.2, 0.25) is 0 Å². The van der Waals surface area contributed by atoms with Crippen LogP contribution in [0.3, 0.4) is 0 Å². The van der Waals surface area contributed by atoms with Crippen molar-refractivity contribution in [3.05, 3.63) is 18.2 Å². The number of aromatic amines is 1. The number of amides is 1. The first-order chi connectivity index (χ1) is 8.94. The molecular formula is C13H22N4O2. The van der Waals surface area contributed by atoms with E-state index in [9.17, 15) is 4.79 Å². The first-order valence-corrected chi connectivity index (χ1v) is 6.63. The SMILES string of the molecule is CC(C)(C)OC(=O)N1CCC(NCc2ncc[nH]2)C1. The molecule has 1 amide bonds. The van der Waals surface area contributed by atoms with E-state index in [4.69, 9.17) is 4.74 Å². The number of nitrogens with zero attached hydrogens (tertiary/aromatic N) is 2. The number of hydrogen-bond donors (Lipinski definition) is 2. The molecule has 1 atom stereocenters. The van der Waals surface area contributed by atoms with Crippen LogP contribution in [0.15, 0.2) is 12.4 Å². The molecule has 0 aromatic carbocycles. The van der Waals surface area contributed by atoms with Gasteiger partial charge in [0.25, 0.3) is 0 Å². The van der Waals surface area contributed by atoms with E-state index in [1.54, 1.807) is 17.3 Å². The number of nitrogens with one attached hydrogen (secondary N) is 2. The maximum atomic E-state index is 11.9. The number of ether oxygens (including phenoxy) is 1. The van der Waals surface area contributed by atoms with Crippen molar-refractivity contribution >= 4 is 6.09 Å². The molecule has 2 N–H and O–H groups in total. The maximum absolute atomic E-state index is 11.9. The fourth-order valence-electron chi connectivity index (χ4n) is 2.05. The Balaban J connectivity index is 1.75. The minimum atomic E-state index is -0.434. The smallest absolute Gasteiger partial charge is 0.410 e. The van der Waals surface area contributed by atoms with Crippen molar-refractivity contribution in [2.45, 2.75) is 45.4 Å². The van der Waals surface area contributed by atoms with E-state index in [1.165, 1.54) is 0 Å². The lowest BCUT2D eigenvalue weighted by Crippen LogP contribution is -2.38. The zero-order chi connectivity index (χ0) is 13.9. The van der Waals surface area contributed by atoms with E-state index in [0.717, 1.165) is 18.8 Å². The van der Waals surface area contributed by atoms with Gasteiger partial charge in [0.15, 0.2) is 0 Å². The van der Waals surface area contributed by atoms with E-state index >= 15 is 0 Å². The molecule has 1 aliphatic heterocycles. The third-order valence-electron chi connectivity index (χ3n) is 2.95. The number of aromatic nitrogens is 2. The standard InChI is InChI=1S/C13H22N4O2/c1-13(2,3)19-12(18)17-7-4-10(9-17)16-8-11-14-5-6-15-11/h5-6,10,16H,4,7-9H2,1-3H3,(H,14,15). The van der Waals surface area contributed by atoms with Crippen LogP contribution in [0.25, 0.3) is 0 Å². The summed E-state index contributed by atoms with van der Waals surface area (Å²) < 4.78 is 5.36. The van der Waals surface area contributed by atoms with Gasteiger partial charge in [0.2, 0.25) is 0 Å². The summed E-state index contributed by atoms with van der Waals surface area (Å²) in [7, 11) is 0. The Bertz CT molecular complexity index is 411. The Morgan fingerprint density at radius 1 is 1.63 bits per heavy atom. The van der Waals surface area contributed by atoms with Gasteiger partial charge < -0.3 is 19.9 Å². The summed E-state index contributed by atoms with van der Waals surface area (Å²) >= 11 is 0. The van der Waals surface area contributed by atoms with Crippen LogP contribution in [-0.2, 0) is 11.3 Å². The van der Waals surface area contributed by atoms with Gasteiger partial charge in [-0.05, 0) is 27.2 Å². The van der Waals surface area contributed by atoms with Gasteiger partial charge in [-0.1, -0.05) is 0 Å². The second kappa shape index (κ2) is 5.61. The molecule has 0 spiro atoms. The quantitative estimate of drug-likeness (QED) is 0.870. The van der Waals surface area contributed by atoms with Crippen molar-refractivity contribution in [2.24, 2.45) is 0 Å². The number of hydrogen-bond acceptors (Lipinski definition) is 4. The average molecular weight is 266 g/mol. The molecule has 106 valence electrons. The largest absolute Gasteiger partial charge is 0.444 e. The number of carbonyl (C=O) groups excluding carboxylic acids is 1. The van der Waals surface area contributed by atoms with Crippen LogP contribution in [0.1, 0.15) is 33.0 Å². The topological polar surface area (TPSA) is 70.2 Å². The lowest BCUT2D eigenvalue weighted by molar-refractivity contribution is 0.0291. The first-order valence-electron chi connectivity index (χ1n) is 6.63. The molecule has 0 bridgehead atoms. The monoisotopic (exact) mass is 266 g/mol. The minimum Gasteiger partial charge on any atom is -0.444 e. The van der Waals surface area contributed by atoms with Gasteiger partial charge in [0, 0.05) is 31.5 Å². The highest BCUT2D eigenvalue weighted by atomic mass is 16.6. The third-order valence-corrected chi connectivity index (χ3v) is 2.95. The van der Waals surface area contributed by atoms with Crippen LogP contribution in [0, 0.1) is 0 Å². The summed E-state index contributed by atoms with van der Waals surface area (Å²) in [6, 6.07) is 0.303. The Morgan fingerprint density at radius 3 is 3.05 bits per heavy atom. The number of rotatable bonds is 3.